The van der Waals surface area contributed by atoms with Gasteiger partial charge in [-0.3, -0.25) is 0 Å². The molecule has 1 aliphatic heterocycles. The topological polar surface area (TPSA) is 12.5 Å². The lowest BCUT2D eigenvalue weighted by atomic mass is 10.0. The Bertz CT molecular complexity index is 349. The van der Waals surface area contributed by atoms with Crippen LogP contribution >= 0.6 is 11.6 Å². The van der Waals surface area contributed by atoms with Gasteiger partial charge in [-0.1, -0.05) is 17.7 Å². The van der Waals surface area contributed by atoms with Gasteiger partial charge in [0.15, 0.2) is 0 Å². The molecule has 1 heterocycles. The summed E-state index contributed by atoms with van der Waals surface area (Å²) in [6, 6.07) is 4.70. The van der Waals surface area contributed by atoms with Crippen molar-refractivity contribution in [2.75, 3.05) is 0 Å². The summed E-state index contributed by atoms with van der Waals surface area (Å²) in [5, 5.41) is 0.156. The number of benzene rings is 1. The van der Waals surface area contributed by atoms with Gasteiger partial charge in [0.2, 0.25) is 0 Å². The highest BCUT2D eigenvalue weighted by atomic mass is 35.5. The third kappa shape index (κ3) is 1.56. The summed E-state index contributed by atoms with van der Waals surface area (Å²) < 4.78 is 18.2. The van der Waals surface area contributed by atoms with E-state index in [0.717, 1.165) is 5.56 Å². The van der Waals surface area contributed by atoms with E-state index in [1.54, 1.807) is 12.1 Å². The summed E-state index contributed by atoms with van der Waals surface area (Å²) in [7, 11) is 0. The van der Waals surface area contributed by atoms with Gasteiger partial charge < -0.3 is 4.74 Å². The first-order valence-electron chi connectivity index (χ1n) is 4.13. The van der Waals surface area contributed by atoms with Crippen molar-refractivity contribution < 1.29 is 9.13 Å². The van der Waals surface area contributed by atoms with Crippen LogP contribution in [0.1, 0.15) is 25.5 Å². The molecule has 1 aliphatic rings. The lowest BCUT2D eigenvalue weighted by Crippen LogP contribution is -1.97. The minimum absolute atomic E-state index is 0.0607. The number of rotatable bonds is 1. The van der Waals surface area contributed by atoms with Crippen LogP contribution in [0.25, 0.3) is 0 Å². The van der Waals surface area contributed by atoms with Gasteiger partial charge in [0, 0.05) is 0 Å². The molecule has 1 atom stereocenters. The van der Waals surface area contributed by atoms with Gasteiger partial charge in [-0.05, 0) is 31.5 Å². The number of hydrogen-bond acceptors (Lipinski definition) is 1. The van der Waals surface area contributed by atoms with Crippen molar-refractivity contribution in [2.24, 2.45) is 0 Å². The second kappa shape index (κ2) is 2.69. The second-order valence-electron chi connectivity index (χ2n) is 3.77. The fraction of sp³-hybridized carbons (Fsp3) is 0.400. The average Bonchev–Trinajstić information content (AvgIpc) is 2.66. The summed E-state index contributed by atoms with van der Waals surface area (Å²) in [5.74, 6) is -0.385. The van der Waals surface area contributed by atoms with E-state index >= 15 is 0 Å². The Balaban J connectivity index is 2.29. The van der Waals surface area contributed by atoms with Gasteiger partial charge in [-0.15, -0.1) is 0 Å². The highest BCUT2D eigenvalue weighted by molar-refractivity contribution is 6.30. The van der Waals surface area contributed by atoms with Crippen LogP contribution in [0.2, 0.25) is 5.02 Å². The highest BCUT2D eigenvalue weighted by Gasteiger charge is 2.48. The van der Waals surface area contributed by atoms with E-state index < -0.39 is 0 Å². The molecule has 3 heteroatoms. The standard InChI is InChI=1S/C10H10ClFO/c1-10(2)9(13-10)6-3-4-8(12)7(11)5-6/h3-5,9H,1-2H3. The fourth-order valence-electron chi connectivity index (χ4n) is 1.41. The number of ether oxygens (including phenoxy) is 1. The van der Waals surface area contributed by atoms with Gasteiger partial charge in [-0.25, -0.2) is 4.39 Å². The van der Waals surface area contributed by atoms with E-state index in [-0.39, 0.29) is 22.5 Å². The van der Waals surface area contributed by atoms with E-state index in [1.165, 1.54) is 6.07 Å². The van der Waals surface area contributed by atoms with Crippen LogP contribution in [0.15, 0.2) is 18.2 Å². The quantitative estimate of drug-likeness (QED) is 0.634. The van der Waals surface area contributed by atoms with Crippen LogP contribution in [0.4, 0.5) is 4.39 Å². The SMILES string of the molecule is CC1(C)OC1c1ccc(F)c(Cl)c1. The van der Waals surface area contributed by atoms with E-state index in [0.29, 0.717) is 0 Å². The van der Waals surface area contributed by atoms with Crippen molar-refractivity contribution >= 4 is 11.6 Å². The summed E-state index contributed by atoms with van der Waals surface area (Å²) in [4.78, 5) is 0. The normalized spacial score (nSPS) is 24.5. The maximum Gasteiger partial charge on any atom is 0.141 e. The number of epoxide rings is 1. The Morgan fingerprint density at radius 1 is 1.46 bits per heavy atom. The van der Waals surface area contributed by atoms with Gasteiger partial charge in [0.05, 0.1) is 10.6 Å². The molecule has 0 aromatic heterocycles. The zero-order valence-electron chi connectivity index (χ0n) is 7.47. The van der Waals surface area contributed by atoms with Crippen molar-refractivity contribution in [3.05, 3.63) is 34.6 Å². The predicted octanol–water partition coefficient (Wildman–Crippen LogP) is 3.33. The molecule has 1 nitrogen and oxygen atoms in total. The smallest absolute Gasteiger partial charge is 0.141 e. The summed E-state index contributed by atoms with van der Waals surface area (Å²) in [5.41, 5.74) is 0.817. The first kappa shape index (κ1) is 8.97. The van der Waals surface area contributed by atoms with Gasteiger partial charge in [0.25, 0.3) is 0 Å². The molecule has 0 radical (unpaired) electrons. The van der Waals surface area contributed by atoms with Crippen molar-refractivity contribution in [3.8, 4) is 0 Å². The maximum atomic E-state index is 12.8. The molecule has 1 aromatic carbocycles. The molecule has 0 spiro atoms. The third-order valence-electron chi connectivity index (χ3n) is 2.24. The molecule has 1 fully saturated rings. The van der Waals surface area contributed by atoms with Crippen molar-refractivity contribution in [1.82, 2.24) is 0 Å². The number of hydrogen-bond donors (Lipinski definition) is 0. The summed E-state index contributed by atoms with van der Waals surface area (Å²) in [6.07, 6.45) is 0.0607. The molecule has 70 valence electrons. The maximum absolute atomic E-state index is 12.8. The molecule has 0 bridgehead atoms. The van der Waals surface area contributed by atoms with Gasteiger partial charge in [0.1, 0.15) is 11.9 Å². The molecule has 2 rings (SSSR count). The van der Waals surface area contributed by atoms with E-state index in [2.05, 4.69) is 0 Å². The molecular formula is C10H10ClFO. The Morgan fingerprint density at radius 2 is 2.08 bits per heavy atom. The third-order valence-corrected chi connectivity index (χ3v) is 2.53. The fourth-order valence-corrected chi connectivity index (χ4v) is 1.60. The van der Waals surface area contributed by atoms with Crippen molar-refractivity contribution in [2.45, 2.75) is 25.6 Å². The summed E-state index contributed by atoms with van der Waals surface area (Å²) >= 11 is 5.65. The van der Waals surface area contributed by atoms with E-state index in [1.807, 2.05) is 13.8 Å². The van der Waals surface area contributed by atoms with Crippen LogP contribution in [0.3, 0.4) is 0 Å². The van der Waals surface area contributed by atoms with Crippen LogP contribution < -0.4 is 0 Å². The largest absolute Gasteiger partial charge is 0.362 e. The van der Waals surface area contributed by atoms with Crippen LogP contribution in [0, 0.1) is 5.82 Å². The lowest BCUT2D eigenvalue weighted by Gasteiger charge is -1.99. The van der Waals surface area contributed by atoms with Gasteiger partial charge >= 0.3 is 0 Å². The molecule has 1 aromatic rings. The monoisotopic (exact) mass is 200 g/mol. The Hall–Kier alpha value is -0.600. The average molecular weight is 201 g/mol. The van der Waals surface area contributed by atoms with Crippen LogP contribution in [0.5, 0.6) is 0 Å². The predicted molar refractivity (Wildman–Crippen MR) is 49.3 cm³/mol. The summed E-state index contributed by atoms with van der Waals surface area (Å²) in [6.45, 7) is 3.99. The molecular weight excluding hydrogens is 191 g/mol. The van der Waals surface area contributed by atoms with Crippen LogP contribution in [-0.4, -0.2) is 5.60 Å². The number of halogens is 2. The Labute approximate surface area is 81.5 Å². The molecule has 0 saturated carbocycles. The zero-order chi connectivity index (χ0) is 9.64. The van der Waals surface area contributed by atoms with E-state index in [9.17, 15) is 4.39 Å². The first-order chi connectivity index (χ1) is 6.00. The molecule has 1 saturated heterocycles. The molecule has 13 heavy (non-hydrogen) atoms. The zero-order valence-corrected chi connectivity index (χ0v) is 8.23. The molecule has 0 aliphatic carbocycles. The van der Waals surface area contributed by atoms with E-state index in [4.69, 9.17) is 16.3 Å². The highest BCUT2D eigenvalue weighted by Crippen LogP contribution is 2.49. The minimum Gasteiger partial charge on any atom is -0.362 e. The van der Waals surface area contributed by atoms with Crippen molar-refractivity contribution in [1.29, 1.82) is 0 Å². The minimum atomic E-state index is -0.385. The molecule has 1 unspecified atom stereocenters. The van der Waals surface area contributed by atoms with Crippen LogP contribution in [-0.2, 0) is 4.74 Å². The lowest BCUT2D eigenvalue weighted by molar-refractivity contribution is 0.325. The Kier molecular flexibility index (Phi) is 1.86. The Morgan fingerprint density at radius 3 is 2.54 bits per heavy atom. The second-order valence-corrected chi connectivity index (χ2v) is 4.18. The first-order valence-corrected chi connectivity index (χ1v) is 4.51. The molecule has 0 amide bonds. The van der Waals surface area contributed by atoms with Crippen molar-refractivity contribution in [3.63, 3.8) is 0 Å². The molecule has 0 N–H and O–H groups in total. The van der Waals surface area contributed by atoms with Gasteiger partial charge in [-0.2, -0.15) is 0 Å².